The molecular formula is C14H20BrClN2O2S. The highest BCUT2D eigenvalue weighted by Gasteiger charge is 2.34. The van der Waals surface area contributed by atoms with Crippen LogP contribution in [0.2, 0.25) is 5.02 Å². The standard InChI is InChI=1S/C14H20BrClN2O2S/c1-21(19,20)11-4-2-3-9(7-11)14(18-17)12-6-5-10(15)8-13(12)16/h5-6,8-9,11,14,18H,2-4,7,17H2,1H3. The minimum absolute atomic E-state index is 0.129. The summed E-state index contributed by atoms with van der Waals surface area (Å²) in [4.78, 5) is 0. The lowest BCUT2D eigenvalue weighted by Crippen LogP contribution is -2.38. The van der Waals surface area contributed by atoms with Crippen LogP contribution in [0.1, 0.15) is 37.3 Å². The molecular weight excluding hydrogens is 376 g/mol. The summed E-state index contributed by atoms with van der Waals surface area (Å²) >= 11 is 9.69. The summed E-state index contributed by atoms with van der Waals surface area (Å²) in [6.45, 7) is 0. The van der Waals surface area contributed by atoms with Gasteiger partial charge in [-0.15, -0.1) is 0 Å². The first kappa shape index (κ1) is 17.2. The molecule has 0 saturated heterocycles. The van der Waals surface area contributed by atoms with Crippen LogP contribution in [0.15, 0.2) is 22.7 Å². The highest BCUT2D eigenvalue weighted by Crippen LogP contribution is 2.39. The van der Waals surface area contributed by atoms with Crippen molar-refractivity contribution in [3.8, 4) is 0 Å². The van der Waals surface area contributed by atoms with E-state index >= 15 is 0 Å². The monoisotopic (exact) mass is 394 g/mol. The summed E-state index contributed by atoms with van der Waals surface area (Å²) in [6, 6.07) is 5.55. The van der Waals surface area contributed by atoms with Gasteiger partial charge < -0.3 is 0 Å². The van der Waals surface area contributed by atoms with E-state index in [1.807, 2.05) is 18.2 Å². The molecule has 7 heteroatoms. The zero-order valence-electron chi connectivity index (χ0n) is 11.9. The molecule has 0 bridgehead atoms. The Morgan fingerprint density at radius 1 is 1.43 bits per heavy atom. The molecule has 0 amide bonds. The van der Waals surface area contributed by atoms with Crippen LogP contribution in [0.3, 0.4) is 0 Å². The molecule has 1 aliphatic carbocycles. The van der Waals surface area contributed by atoms with Gasteiger partial charge in [0.25, 0.3) is 0 Å². The molecule has 1 aliphatic rings. The SMILES string of the molecule is CS(=O)(=O)C1CCCC(C(NN)c2ccc(Br)cc2Cl)C1. The van der Waals surface area contributed by atoms with Crippen molar-refractivity contribution in [3.05, 3.63) is 33.3 Å². The minimum atomic E-state index is -3.01. The van der Waals surface area contributed by atoms with Gasteiger partial charge in [0.15, 0.2) is 0 Å². The van der Waals surface area contributed by atoms with Crippen molar-refractivity contribution in [2.45, 2.75) is 37.0 Å². The summed E-state index contributed by atoms with van der Waals surface area (Å²) in [5.74, 6) is 5.90. The number of rotatable bonds is 4. The van der Waals surface area contributed by atoms with E-state index in [2.05, 4.69) is 21.4 Å². The largest absolute Gasteiger partial charge is 0.271 e. The van der Waals surface area contributed by atoms with Crippen molar-refractivity contribution < 1.29 is 8.42 Å². The van der Waals surface area contributed by atoms with Crippen molar-refractivity contribution >= 4 is 37.4 Å². The second-order valence-corrected chi connectivity index (χ2v) is 9.34. The lowest BCUT2D eigenvalue weighted by atomic mass is 9.81. The maximum atomic E-state index is 11.8. The van der Waals surface area contributed by atoms with E-state index in [0.29, 0.717) is 11.4 Å². The first-order chi connectivity index (χ1) is 9.82. The molecule has 3 unspecified atom stereocenters. The summed E-state index contributed by atoms with van der Waals surface area (Å²) in [7, 11) is -3.01. The highest BCUT2D eigenvalue weighted by molar-refractivity contribution is 9.10. The van der Waals surface area contributed by atoms with E-state index in [1.165, 1.54) is 6.26 Å². The van der Waals surface area contributed by atoms with Gasteiger partial charge in [0, 0.05) is 15.8 Å². The molecule has 1 aromatic carbocycles. The third-order valence-corrected chi connectivity index (χ3v) is 6.68. The van der Waals surface area contributed by atoms with Crippen LogP contribution in [0.25, 0.3) is 0 Å². The Morgan fingerprint density at radius 3 is 2.71 bits per heavy atom. The zero-order chi connectivity index (χ0) is 15.6. The van der Waals surface area contributed by atoms with Crippen LogP contribution >= 0.6 is 27.5 Å². The number of sulfone groups is 1. The highest BCUT2D eigenvalue weighted by atomic mass is 79.9. The van der Waals surface area contributed by atoms with Crippen LogP contribution < -0.4 is 11.3 Å². The minimum Gasteiger partial charge on any atom is -0.271 e. The van der Waals surface area contributed by atoms with Crippen molar-refractivity contribution in [2.75, 3.05) is 6.26 Å². The number of hydrazine groups is 1. The molecule has 1 fully saturated rings. The normalized spacial score (nSPS) is 24.8. The maximum absolute atomic E-state index is 11.8. The van der Waals surface area contributed by atoms with Crippen LogP contribution in [0, 0.1) is 5.92 Å². The number of nitrogens with two attached hydrogens (primary N) is 1. The average molecular weight is 396 g/mol. The molecule has 0 aromatic heterocycles. The Morgan fingerprint density at radius 2 is 2.14 bits per heavy atom. The predicted molar refractivity (Wildman–Crippen MR) is 89.8 cm³/mol. The third kappa shape index (κ3) is 4.20. The van der Waals surface area contributed by atoms with Gasteiger partial charge in [-0.2, -0.15) is 0 Å². The van der Waals surface area contributed by atoms with Crippen molar-refractivity contribution in [3.63, 3.8) is 0 Å². The first-order valence-electron chi connectivity index (χ1n) is 6.93. The van der Waals surface area contributed by atoms with Gasteiger partial charge in [0.1, 0.15) is 9.84 Å². The van der Waals surface area contributed by atoms with Gasteiger partial charge in [0.2, 0.25) is 0 Å². The molecule has 3 N–H and O–H groups in total. The van der Waals surface area contributed by atoms with Gasteiger partial charge in [-0.25, -0.2) is 8.42 Å². The van der Waals surface area contributed by atoms with Crippen LogP contribution in [-0.2, 0) is 9.84 Å². The number of hydrogen-bond donors (Lipinski definition) is 2. The Kier molecular flexibility index (Phi) is 5.71. The molecule has 1 aromatic rings. The Labute approximate surface area is 139 Å². The lowest BCUT2D eigenvalue weighted by molar-refractivity contribution is 0.274. The third-order valence-electron chi connectivity index (χ3n) is 4.22. The molecule has 1 saturated carbocycles. The molecule has 118 valence electrons. The second kappa shape index (κ2) is 6.96. The Balaban J connectivity index is 2.24. The molecule has 4 nitrogen and oxygen atoms in total. The van der Waals surface area contributed by atoms with E-state index in [-0.39, 0.29) is 17.2 Å². The van der Waals surface area contributed by atoms with E-state index in [4.69, 9.17) is 17.4 Å². The van der Waals surface area contributed by atoms with E-state index in [1.54, 1.807) is 0 Å². The number of benzene rings is 1. The zero-order valence-corrected chi connectivity index (χ0v) is 15.0. The fourth-order valence-corrected chi connectivity index (χ4v) is 5.09. The average Bonchev–Trinajstić information content (AvgIpc) is 2.41. The van der Waals surface area contributed by atoms with Crippen LogP contribution in [0.5, 0.6) is 0 Å². The number of halogens is 2. The molecule has 0 heterocycles. The molecule has 0 spiro atoms. The van der Waals surface area contributed by atoms with Crippen molar-refractivity contribution in [2.24, 2.45) is 11.8 Å². The van der Waals surface area contributed by atoms with Crippen molar-refractivity contribution in [1.29, 1.82) is 0 Å². The predicted octanol–water partition coefficient (Wildman–Crippen LogP) is 3.21. The van der Waals surface area contributed by atoms with Gasteiger partial charge in [0.05, 0.1) is 11.3 Å². The van der Waals surface area contributed by atoms with E-state index in [0.717, 1.165) is 29.3 Å². The fraction of sp³-hybridized carbons (Fsp3) is 0.571. The number of nitrogens with one attached hydrogen (secondary N) is 1. The van der Waals surface area contributed by atoms with Crippen molar-refractivity contribution in [1.82, 2.24) is 5.43 Å². The smallest absolute Gasteiger partial charge is 0.150 e. The van der Waals surface area contributed by atoms with Crippen LogP contribution in [0.4, 0.5) is 0 Å². The van der Waals surface area contributed by atoms with Gasteiger partial charge in [-0.3, -0.25) is 11.3 Å². The quantitative estimate of drug-likeness (QED) is 0.606. The number of hydrogen-bond acceptors (Lipinski definition) is 4. The topological polar surface area (TPSA) is 72.2 Å². The second-order valence-electron chi connectivity index (χ2n) is 5.69. The van der Waals surface area contributed by atoms with Gasteiger partial charge >= 0.3 is 0 Å². The molecule has 21 heavy (non-hydrogen) atoms. The molecule has 0 aliphatic heterocycles. The summed E-state index contributed by atoms with van der Waals surface area (Å²) in [5, 5.41) is 0.357. The van der Waals surface area contributed by atoms with Gasteiger partial charge in [-0.1, -0.05) is 40.0 Å². The lowest BCUT2D eigenvalue weighted by Gasteiger charge is -2.34. The molecule has 3 atom stereocenters. The summed E-state index contributed by atoms with van der Waals surface area (Å²) < 4.78 is 24.5. The Hall–Kier alpha value is -0.140. The molecule has 0 radical (unpaired) electrons. The van der Waals surface area contributed by atoms with E-state index in [9.17, 15) is 8.42 Å². The summed E-state index contributed by atoms with van der Waals surface area (Å²) in [5.41, 5.74) is 3.74. The fourth-order valence-electron chi connectivity index (χ4n) is 3.11. The van der Waals surface area contributed by atoms with E-state index < -0.39 is 9.84 Å². The maximum Gasteiger partial charge on any atom is 0.150 e. The Bertz CT molecular complexity index is 609. The van der Waals surface area contributed by atoms with Crippen LogP contribution in [-0.4, -0.2) is 19.9 Å². The molecule has 2 rings (SSSR count). The van der Waals surface area contributed by atoms with Gasteiger partial charge in [-0.05, 0) is 42.9 Å². The first-order valence-corrected chi connectivity index (χ1v) is 10.1. The summed E-state index contributed by atoms with van der Waals surface area (Å²) in [6.07, 6.45) is 4.53.